The Labute approximate surface area is 147 Å². The Kier molecular flexibility index (Phi) is 5.14. The van der Waals surface area contributed by atoms with E-state index in [1.54, 1.807) is 18.0 Å². The molecule has 0 N–H and O–H groups in total. The number of hydrogen-bond acceptors (Lipinski definition) is 4. The number of carbonyl (C=O) groups excluding carboxylic acids is 1. The van der Waals surface area contributed by atoms with Crippen molar-refractivity contribution >= 4 is 17.7 Å². The number of para-hydroxylation sites is 2. The van der Waals surface area contributed by atoms with Crippen molar-refractivity contribution in [2.45, 2.75) is 26.3 Å². The molecule has 0 aliphatic carbocycles. The topological polar surface area (TPSA) is 47.4 Å². The van der Waals surface area contributed by atoms with Gasteiger partial charge in [0.2, 0.25) is 0 Å². The number of aromatic nitrogens is 2. The highest BCUT2D eigenvalue weighted by Gasteiger charge is 2.26. The molecule has 5 nitrogen and oxygen atoms in total. The maximum atomic E-state index is 13.0. The molecule has 128 valence electrons. The van der Waals surface area contributed by atoms with E-state index in [1.165, 1.54) is 0 Å². The summed E-state index contributed by atoms with van der Waals surface area (Å²) in [6.07, 6.45) is 2.71. The van der Waals surface area contributed by atoms with Gasteiger partial charge < -0.3 is 9.64 Å². The molecule has 0 saturated carbocycles. The third-order valence-corrected chi connectivity index (χ3v) is 5.50. The highest BCUT2D eigenvalue weighted by atomic mass is 32.2. The summed E-state index contributed by atoms with van der Waals surface area (Å²) in [6.45, 7) is 4.86. The lowest BCUT2D eigenvalue weighted by Gasteiger charge is -2.26. The first kappa shape index (κ1) is 16.9. The normalized spacial score (nSPS) is 18.3. The summed E-state index contributed by atoms with van der Waals surface area (Å²) in [5, 5.41) is 4.44. The molecule has 2 heterocycles. The largest absolute Gasteiger partial charge is 0.494 e. The molecule has 1 saturated heterocycles. The number of benzene rings is 1. The van der Waals surface area contributed by atoms with Crippen LogP contribution in [0, 0.1) is 6.92 Å². The third-order valence-electron chi connectivity index (χ3n) is 4.50. The Balaban J connectivity index is 1.93. The molecule has 1 atom stereocenters. The molecule has 0 bridgehead atoms. The summed E-state index contributed by atoms with van der Waals surface area (Å²) in [5.74, 6) is 2.92. The van der Waals surface area contributed by atoms with Gasteiger partial charge in [-0.15, -0.1) is 0 Å². The number of carbonyl (C=O) groups is 1. The average molecular weight is 345 g/mol. The minimum atomic E-state index is 0.0728. The van der Waals surface area contributed by atoms with Crippen LogP contribution in [0.4, 0.5) is 0 Å². The molecule has 1 amide bonds. The highest BCUT2D eigenvalue weighted by Crippen LogP contribution is 2.25. The molecule has 24 heavy (non-hydrogen) atoms. The lowest BCUT2D eigenvalue weighted by Crippen LogP contribution is -2.39. The van der Waals surface area contributed by atoms with Crippen LogP contribution in [0.15, 0.2) is 30.5 Å². The third kappa shape index (κ3) is 3.15. The molecular weight excluding hydrogens is 322 g/mol. The number of hydrogen-bond donors (Lipinski definition) is 0. The summed E-state index contributed by atoms with van der Waals surface area (Å²) >= 11 is 1.92. The SMILES string of the molecule is COc1ccccc1-n1ncc(C(=O)N2CCSCCC2C)c1C. The van der Waals surface area contributed by atoms with Gasteiger partial charge in [-0.2, -0.15) is 16.9 Å². The predicted molar refractivity (Wildman–Crippen MR) is 97.3 cm³/mol. The van der Waals surface area contributed by atoms with Gasteiger partial charge in [0.25, 0.3) is 5.91 Å². The molecule has 0 radical (unpaired) electrons. The minimum absolute atomic E-state index is 0.0728. The van der Waals surface area contributed by atoms with E-state index >= 15 is 0 Å². The molecule has 0 spiro atoms. The van der Waals surface area contributed by atoms with E-state index < -0.39 is 0 Å². The molecule has 1 aliphatic heterocycles. The molecular formula is C18H23N3O2S. The number of nitrogens with zero attached hydrogens (tertiary/aromatic N) is 3. The standard InChI is InChI=1S/C18H23N3O2S/c1-13-8-10-24-11-9-20(13)18(22)15-12-19-21(14(15)2)16-6-4-5-7-17(16)23-3/h4-7,12-13H,8-11H2,1-3H3. The Morgan fingerprint density at radius 1 is 1.33 bits per heavy atom. The Hall–Kier alpha value is -1.95. The zero-order valence-electron chi connectivity index (χ0n) is 14.4. The first-order valence-electron chi connectivity index (χ1n) is 8.20. The van der Waals surface area contributed by atoms with Crippen molar-refractivity contribution in [2.24, 2.45) is 0 Å². The van der Waals surface area contributed by atoms with Crippen LogP contribution in [-0.4, -0.2) is 51.8 Å². The summed E-state index contributed by atoms with van der Waals surface area (Å²) in [7, 11) is 1.64. The van der Waals surface area contributed by atoms with Crippen LogP contribution < -0.4 is 4.74 Å². The maximum absolute atomic E-state index is 13.0. The van der Waals surface area contributed by atoms with Crippen LogP contribution in [0.2, 0.25) is 0 Å². The molecule has 2 aromatic rings. The van der Waals surface area contributed by atoms with Crippen LogP contribution in [0.5, 0.6) is 5.75 Å². The number of thioether (sulfide) groups is 1. The lowest BCUT2D eigenvalue weighted by atomic mass is 10.1. The lowest BCUT2D eigenvalue weighted by molar-refractivity contribution is 0.0705. The Morgan fingerprint density at radius 3 is 2.92 bits per heavy atom. The highest BCUT2D eigenvalue weighted by molar-refractivity contribution is 7.99. The molecule has 1 fully saturated rings. The zero-order valence-corrected chi connectivity index (χ0v) is 15.2. The smallest absolute Gasteiger partial charge is 0.257 e. The molecule has 6 heteroatoms. The minimum Gasteiger partial charge on any atom is -0.494 e. The van der Waals surface area contributed by atoms with E-state index in [1.807, 2.05) is 47.9 Å². The fraction of sp³-hybridized carbons (Fsp3) is 0.444. The van der Waals surface area contributed by atoms with Gasteiger partial charge in [0.05, 0.1) is 24.6 Å². The number of methoxy groups -OCH3 is 1. The van der Waals surface area contributed by atoms with Crippen LogP contribution in [0.3, 0.4) is 0 Å². The molecule has 1 unspecified atom stereocenters. The molecule has 3 rings (SSSR count). The Bertz CT molecular complexity index is 729. The van der Waals surface area contributed by atoms with Crippen LogP contribution >= 0.6 is 11.8 Å². The average Bonchev–Trinajstić information content (AvgIpc) is 2.84. The van der Waals surface area contributed by atoms with Crippen molar-refractivity contribution in [2.75, 3.05) is 25.2 Å². The summed E-state index contributed by atoms with van der Waals surface area (Å²) in [5.41, 5.74) is 2.35. The molecule has 1 aromatic carbocycles. The summed E-state index contributed by atoms with van der Waals surface area (Å²) < 4.78 is 7.20. The van der Waals surface area contributed by atoms with Gasteiger partial charge >= 0.3 is 0 Å². The first-order chi connectivity index (χ1) is 11.6. The van der Waals surface area contributed by atoms with Gasteiger partial charge in [0.1, 0.15) is 11.4 Å². The molecule has 1 aromatic heterocycles. The van der Waals surface area contributed by atoms with Gasteiger partial charge in [-0.3, -0.25) is 4.79 Å². The van der Waals surface area contributed by atoms with E-state index in [2.05, 4.69) is 12.0 Å². The maximum Gasteiger partial charge on any atom is 0.257 e. The summed E-state index contributed by atoms with van der Waals surface area (Å²) in [6, 6.07) is 7.96. The van der Waals surface area contributed by atoms with Gasteiger partial charge in [0.15, 0.2) is 0 Å². The van der Waals surface area contributed by atoms with Crippen LogP contribution in [0.25, 0.3) is 5.69 Å². The van der Waals surface area contributed by atoms with Crippen molar-refractivity contribution in [3.05, 3.63) is 41.7 Å². The second-order valence-corrected chi connectivity index (χ2v) is 7.20. The van der Waals surface area contributed by atoms with E-state index in [0.717, 1.165) is 41.6 Å². The van der Waals surface area contributed by atoms with Gasteiger partial charge in [0, 0.05) is 18.3 Å². The fourth-order valence-corrected chi connectivity index (χ4v) is 4.06. The predicted octanol–water partition coefficient (Wildman–Crippen LogP) is 3.16. The van der Waals surface area contributed by atoms with E-state index in [9.17, 15) is 4.79 Å². The second kappa shape index (κ2) is 7.30. The van der Waals surface area contributed by atoms with Gasteiger partial charge in [-0.25, -0.2) is 4.68 Å². The number of amides is 1. The van der Waals surface area contributed by atoms with Crippen LogP contribution in [-0.2, 0) is 0 Å². The van der Waals surface area contributed by atoms with E-state index in [0.29, 0.717) is 5.56 Å². The zero-order chi connectivity index (χ0) is 17.1. The molecule has 1 aliphatic rings. The summed E-state index contributed by atoms with van der Waals surface area (Å²) in [4.78, 5) is 15.0. The van der Waals surface area contributed by atoms with Gasteiger partial charge in [-0.1, -0.05) is 12.1 Å². The van der Waals surface area contributed by atoms with Crippen molar-refractivity contribution in [3.8, 4) is 11.4 Å². The fourth-order valence-electron chi connectivity index (χ4n) is 3.02. The van der Waals surface area contributed by atoms with Crippen molar-refractivity contribution in [1.82, 2.24) is 14.7 Å². The number of ether oxygens (including phenoxy) is 1. The number of rotatable bonds is 3. The van der Waals surface area contributed by atoms with Crippen molar-refractivity contribution in [3.63, 3.8) is 0 Å². The van der Waals surface area contributed by atoms with Crippen molar-refractivity contribution < 1.29 is 9.53 Å². The first-order valence-corrected chi connectivity index (χ1v) is 9.35. The van der Waals surface area contributed by atoms with E-state index in [-0.39, 0.29) is 11.9 Å². The van der Waals surface area contributed by atoms with Crippen LogP contribution in [0.1, 0.15) is 29.4 Å². The second-order valence-electron chi connectivity index (χ2n) is 5.98. The monoisotopic (exact) mass is 345 g/mol. The van der Waals surface area contributed by atoms with E-state index in [4.69, 9.17) is 4.74 Å². The van der Waals surface area contributed by atoms with Gasteiger partial charge in [-0.05, 0) is 38.2 Å². The van der Waals surface area contributed by atoms with Crippen molar-refractivity contribution in [1.29, 1.82) is 0 Å². The Morgan fingerprint density at radius 2 is 2.12 bits per heavy atom. The quantitative estimate of drug-likeness (QED) is 0.857.